The van der Waals surface area contributed by atoms with Gasteiger partial charge in [-0.1, -0.05) is 6.07 Å². The SMILES string of the molecule is Cl.NCc1ccc(C(=O)O)cc1F. The Kier molecular flexibility index (Phi) is 4.37. The highest BCUT2D eigenvalue weighted by molar-refractivity contribution is 5.87. The van der Waals surface area contributed by atoms with Crippen LogP contribution in [0.2, 0.25) is 0 Å². The zero-order valence-corrected chi connectivity index (χ0v) is 7.47. The lowest BCUT2D eigenvalue weighted by Crippen LogP contribution is -2.03. The predicted molar refractivity (Wildman–Crippen MR) is 48.5 cm³/mol. The summed E-state index contributed by atoms with van der Waals surface area (Å²) in [6.07, 6.45) is 0. The average Bonchev–Trinajstić information content (AvgIpc) is 2.04. The minimum atomic E-state index is -1.14. The maximum absolute atomic E-state index is 12.9. The molecule has 0 saturated carbocycles. The molecule has 0 heterocycles. The van der Waals surface area contributed by atoms with E-state index in [0.717, 1.165) is 6.07 Å². The van der Waals surface area contributed by atoms with E-state index in [-0.39, 0.29) is 24.5 Å². The molecule has 0 atom stereocenters. The number of hydrogen-bond donors (Lipinski definition) is 2. The lowest BCUT2D eigenvalue weighted by Gasteiger charge is -1.99. The third kappa shape index (κ3) is 2.68. The van der Waals surface area contributed by atoms with Crippen LogP contribution < -0.4 is 5.73 Å². The molecule has 0 aliphatic rings. The van der Waals surface area contributed by atoms with Gasteiger partial charge in [-0.2, -0.15) is 0 Å². The van der Waals surface area contributed by atoms with Gasteiger partial charge >= 0.3 is 5.97 Å². The van der Waals surface area contributed by atoms with Gasteiger partial charge in [0.05, 0.1) is 5.56 Å². The van der Waals surface area contributed by atoms with Crippen molar-refractivity contribution in [2.45, 2.75) is 6.54 Å². The van der Waals surface area contributed by atoms with Crippen LogP contribution >= 0.6 is 12.4 Å². The fraction of sp³-hybridized carbons (Fsp3) is 0.125. The van der Waals surface area contributed by atoms with Gasteiger partial charge in [-0.15, -0.1) is 12.4 Å². The first-order valence-electron chi connectivity index (χ1n) is 3.37. The summed E-state index contributed by atoms with van der Waals surface area (Å²) in [5, 5.41) is 8.47. The molecule has 0 radical (unpaired) electrons. The monoisotopic (exact) mass is 205 g/mol. The predicted octanol–water partition coefficient (Wildman–Crippen LogP) is 1.40. The summed E-state index contributed by atoms with van der Waals surface area (Å²) in [4.78, 5) is 10.4. The van der Waals surface area contributed by atoms with Crippen molar-refractivity contribution in [3.8, 4) is 0 Å². The molecule has 0 amide bonds. The lowest BCUT2D eigenvalue weighted by molar-refractivity contribution is 0.0696. The first-order chi connectivity index (χ1) is 5.65. The van der Waals surface area contributed by atoms with Crippen LogP contribution in [-0.2, 0) is 6.54 Å². The Labute approximate surface area is 80.8 Å². The van der Waals surface area contributed by atoms with E-state index in [9.17, 15) is 9.18 Å². The maximum Gasteiger partial charge on any atom is 0.335 e. The fourth-order valence-electron chi connectivity index (χ4n) is 0.846. The zero-order valence-electron chi connectivity index (χ0n) is 6.66. The van der Waals surface area contributed by atoms with Crippen LogP contribution in [0.25, 0.3) is 0 Å². The van der Waals surface area contributed by atoms with Gasteiger partial charge < -0.3 is 10.8 Å². The molecule has 1 aromatic rings. The fourth-order valence-corrected chi connectivity index (χ4v) is 0.846. The van der Waals surface area contributed by atoms with E-state index >= 15 is 0 Å². The van der Waals surface area contributed by atoms with Crippen LogP contribution in [-0.4, -0.2) is 11.1 Å². The molecular weight excluding hydrogens is 197 g/mol. The Morgan fingerprint density at radius 3 is 2.54 bits per heavy atom. The molecule has 13 heavy (non-hydrogen) atoms. The molecule has 0 unspecified atom stereocenters. The van der Waals surface area contributed by atoms with Crippen LogP contribution in [0.15, 0.2) is 18.2 Å². The van der Waals surface area contributed by atoms with Crippen LogP contribution in [0.3, 0.4) is 0 Å². The van der Waals surface area contributed by atoms with E-state index in [1.165, 1.54) is 12.1 Å². The van der Waals surface area contributed by atoms with Gasteiger partial charge in [0.15, 0.2) is 0 Å². The number of carboxylic acid groups (broad SMARTS) is 1. The summed E-state index contributed by atoms with van der Waals surface area (Å²) in [5.74, 6) is -1.71. The minimum absolute atomic E-state index is 0. The smallest absolute Gasteiger partial charge is 0.335 e. The molecular formula is C8H9ClFNO2. The topological polar surface area (TPSA) is 63.3 Å². The molecule has 5 heteroatoms. The van der Waals surface area contributed by atoms with Crippen LogP contribution in [0.4, 0.5) is 4.39 Å². The van der Waals surface area contributed by atoms with Gasteiger partial charge in [-0.25, -0.2) is 9.18 Å². The van der Waals surface area contributed by atoms with Crippen molar-refractivity contribution < 1.29 is 14.3 Å². The van der Waals surface area contributed by atoms with Gasteiger partial charge in [0.25, 0.3) is 0 Å². The summed E-state index contributed by atoms with van der Waals surface area (Å²) in [7, 11) is 0. The van der Waals surface area contributed by atoms with E-state index in [4.69, 9.17) is 10.8 Å². The highest BCUT2D eigenvalue weighted by Crippen LogP contribution is 2.09. The van der Waals surface area contributed by atoms with Crippen LogP contribution in [0.1, 0.15) is 15.9 Å². The molecule has 0 fully saturated rings. The molecule has 1 aromatic carbocycles. The number of halogens is 2. The number of carbonyl (C=O) groups is 1. The summed E-state index contributed by atoms with van der Waals surface area (Å²) in [6.45, 7) is 0.0751. The number of aromatic carboxylic acids is 1. The Morgan fingerprint density at radius 2 is 2.15 bits per heavy atom. The first kappa shape index (κ1) is 11.9. The minimum Gasteiger partial charge on any atom is -0.478 e. The van der Waals surface area contributed by atoms with E-state index in [2.05, 4.69) is 0 Å². The van der Waals surface area contributed by atoms with Gasteiger partial charge in [-0.05, 0) is 12.1 Å². The van der Waals surface area contributed by atoms with Crippen LogP contribution in [0, 0.1) is 5.82 Å². The normalized spacial score (nSPS) is 9.08. The van der Waals surface area contributed by atoms with Gasteiger partial charge in [0.2, 0.25) is 0 Å². The van der Waals surface area contributed by atoms with Crippen molar-refractivity contribution in [3.63, 3.8) is 0 Å². The van der Waals surface area contributed by atoms with Gasteiger partial charge in [-0.3, -0.25) is 0 Å². The highest BCUT2D eigenvalue weighted by Gasteiger charge is 2.06. The van der Waals surface area contributed by atoms with Crippen LogP contribution in [0.5, 0.6) is 0 Å². The Balaban J connectivity index is 0.00000144. The third-order valence-corrected chi connectivity index (χ3v) is 1.52. The van der Waals surface area contributed by atoms with Gasteiger partial charge in [0, 0.05) is 12.1 Å². The van der Waals surface area contributed by atoms with E-state index < -0.39 is 11.8 Å². The molecule has 0 aliphatic heterocycles. The van der Waals surface area contributed by atoms with Crippen molar-refractivity contribution in [3.05, 3.63) is 35.1 Å². The maximum atomic E-state index is 12.9. The molecule has 3 nitrogen and oxygen atoms in total. The second-order valence-electron chi connectivity index (χ2n) is 2.32. The average molecular weight is 206 g/mol. The first-order valence-corrected chi connectivity index (χ1v) is 3.37. The zero-order chi connectivity index (χ0) is 9.14. The van der Waals surface area contributed by atoms with E-state index in [0.29, 0.717) is 5.56 Å². The van der Waals surface area contributed by atoms with E-state index in [1.54, 1.807) is 0 Å². The molecule has 72 valence electrons. The summed E-state index contributed by atoms with van der Waals surface area (Å²) in [6, 6.07) is 3.66. The molecule has 0 aromatic heterocycles. The van der Waals surface area contributed by atoms with Crippen molar-refractivity contribution in [1.82, 2.24) is 0 Å². The molecule has 0 bridgehead atoms. The standard InChI is InChI=1S/C8H8FNO2.ClH/c9-7-3-5(8(11)12)1-2-6(7)4-10;/h1-3H,4,10H2,(H,11,12);1H. The third-order valence-electron chi connectivity index (χ3n) is 1.52. The summed E-state index contributed by atoms with van der Waals surface area (Å²) in [5.41, 5.74) is 5.44. The van der Waals surface area contributed by atoms with Crippen molar-refractivity contribution >= 4 is 18.4 Å². The quantitative estimate of drug-likeness (QED) is 0.767. The second-order valence-corrected chi connectivity index (χ2v) is 2.32. The number of rotatable bonds is 2. The van der Waals surface area contributed by atoms with Crippen molar-refractivity contribution in [2.24, 2.45) is 5.73 Å². The second kappa shape index (κ2) is 4.79. The lowest BCUT2D eigenvalue weighted by atomic mass is 10.1. The highest BCUT2D eigenvalue weighted by atomic mass is 35.5. The number of carboxylic acids is 1. The Bertz CT molecular complexity index is 317. The Morgan fingerprint density at radius 1 is 1.54 bits per heavy atom. The molecule has 0 aliphatic carbocycles. The number of nitrogens with two attached hydrogens (primary N) is 1. The summed E-state index contributed by atoms with van der Waals surface area (Å²) >= 11 is 0. The largest absolute Gasteiger partial charge is 0.478 e. The molecule has 1 rings (SSSR count). The number of hydrogen-bond acceptors (Lipinski definition) is 2. The Hall–Kier alpha value is -1.13. The summed E-state index contributed by atoms with van der Waals surface area (Å²) < 4.78 is 12.9. The van der Waals surface area contributed by atoms with Crippen molar-refractivity contribution in [1.29, 1.82) is 0 Å². The molecule has 0 spiro atoms. The number of benzene rings is 1. The van der Waals surface area contributed by atoms with E-state index in [1.807, 2.05) is 0 Å². The van der Waals surface area contributed by atoms with Crippen molar-refractivity contribution in [2.75, 3.05) is 0 Å². The molecule has 0 saturated heterocycles. The van der Waals surface area contributed by atoms with Gasteiger partial charge in [0.1, 0.15) is 5.82 Å². The molecule has 3 N–H and O–H groups in total.